The predicted octanol–water partition coefficient (Wildman–Crippen LogP) is 4.89. The second-order valence-electron chi connectivity index (χ2n) is 9.69. The number of nitrogens with zero attached hydrogens (tertiary/aromatic N) is 7. The second kappa shape index (κ2) is 11.2. The minimum Gasteiger partial charge on any atom is -0.379 e. The van der Waals surface area contributed by atoms with Gasteiger partial charge in [-0.3, -0.25) is 9.58 Å². The summed E-state index contributed by atoms with van der Waals surface area (Å²) in [5.74, 6) is 2.38. The van der Waals surface area contributed by atoms with Crippen LogP contribution >= 0.6 is 0 Å². The van der Waals surface area contributed by atoms with Gasteiger partial charge in [0.25, 0.3) is 0 Å². The van der Waals surface area contributed by atoms with E-state index in [0.717, 1.165) is 90.6 Å². The molecule has 4 heterocycles. The Bertz CT molecular complexity index is 1540. The van der Waals surface area contributed by atoms with Crippen molar-refractivity contribution in [3.8, 4) is 28.1 Å². The lowest BCUT2D eigenvalue weighted by Crippen LogP contribution is -2.38. The molecule has 39 heavy (non-hydrogen) atoms. The van der Waals surface area contributed by atoms with E-state index in [1.165, 1.54) is 0 Å². The fourth-order valence-corrected chi connectivity index (χ4v) is 4.89. The van der Waals surface area contributed by atoms with Gasteiger partial charge in [0.2, 0.25) is 0 Å². The third kappa shape index (κ3) is 5.74. The first kappa shape index (κ1) is 25.0. The van der Waals surface area contributed by atoms with Gasteiger partial charge in [0.05, 0.1) is 25.4 Å². The first-order valence-electron chi connectivity index (χ1n) is 13.3. The molecule has 3 aromatic heterocycles. The molecular formula is C30H32N8O. The Kier molecular flexibility index (Phi) is 7.16. The van der Waals surface area contributed by atoms with Gasteiger partial charge in [-0.25, -0.2) is 14.6 Å². The lowest BCUT2D eigenvalue weighted by atomic mass is 10.0. The summed E-state index contributed by atoms with van der Waals surface area (Å²) in [7, 11) is 0. The van der Waals surface area contributed by atoms with Crippen LogP contribution in [-0.2, 0) is 11.3 Å². The Hall–Kier alpha value is -4.34. The topological polar surface area (TPSA) is 85.9 Å². The molecular weight excluding hydrogens is 488 g/mol. The summed E-state index contributed by atoms with van der Waals surface area (Å²) in [5.41, 5.74) is 6.12. The zero-order chi connectivity index (χ0) is 26.6. The summed E-state index contributed by atoms with van der Waals surface area (Å²) >= 11 is 0. The van der Waals surface area contributed by atoms with Gasteiger partial charge in [-0.1, -0.05) is 30.3 Å². The molecule has 0 bridgehead atoms. The molecule has 0 spiro atoms. The van der Waals surface area contributed by atoms with Crippen LogP contribution in [0.3, 0.4) is 0 Å². The third-order valence-electron chi connectivity index (χ3n) is 6.89. The summed E-state index contributed by atoms with van der Waals surface area (Å²) in [5, 5.41) is 12.9. The Labute approximate surface area is 228 Å². The molecule has 198 valence electrons. The van der Waals surface area contributed by atoms with Gasteiger partial charge in [-0.05, 0) is 55.8 Å². The van der Waals surface area contributed by atoms with Gasteiger partial charge in [-0.2, -0.15) is 10.2 Å². The molecule has 1 fully saturated rings. The molecule has 1 N–H and O–H groups in total. The first-order valence-corrected chi connectivity index (χ1v) is 13.3. The van der Waals surface area contributed by atoms with E-state index in [-0.39, 0.29) is 0 Å². The second-order valence-corrected chi connectivity index (χ2v) is 9.69. The summed E-state index contributed by atoms with van der Waals surface area (Å²) in [4.78, 5) is 11.4. The standard InChI is InChI=1S/C30H32N8O/c1-22-32-23(2)38(34-22)27-10-8-26(9-11-27)33-29-20-25(12-13-31-29)30-28(24-6-4-3-5-7-24)21-37(35-30)15-14-36-16-18-39-19-17-36/h3-13,20-21H,14-19H2,1-2H3,(H,31,33). The lowest BCUT2D eigenvalue weighted by molar-refractivity contribution is 0.0360. The van der Waals surface area contributed by atoms with Crippen LogP contribution in [0.2, 0.25) is 0 Å². The fourth-order valence-electron chi connectivity index (χ4n) is 4.89. The van der Waals surface area contributed by atoms with Crippen LogP contribution in [0.15, 0.2) is 79.1 Å². The Morgan fingerprint density at radius 3 is 2.41 bits per heavy atom. The van der Waals surface area contributed by atoms with Gasteiger partial charge in [0.15, 0.2) is 0 Å². The predicted molar refractivity (Wildman–Crippen MR) is 152 cm³/mol. The number of rotatable bonds is 8. The first-order chi connectivity index (χ1) is 19.1. The molecule has 0 amide bonds. The largest absolute Gasteiger partial charge is 0.379 e. The van der Waals surface area contributed by atoms with E-state index in [1.807, 2.05) is 61.1 Å². The molecule has 0 aliphatic carbocycles. The number of aryl methyl sites for hydroxylation is 2. The van der Waals surface area contributed by atoms with Gasteiger partial charge in [-0.15, -0.1) is 0 Å². The number of benzene rings is 2. The number of hydrogen-bond acceptors (Lipinski definition) is 7. The molecule has 6 rings (SSSR count). The van der Waals surface area contributed by atoms with Gasteiger partial charge >= 0.3 is 0 Å². The average Bonchev–Trinajstić information content (AvgIpc) is 3.56. The van der Waals surface area contributed by atoms with Crippen molar-refractivity contribution in [3.05, 3.63) is 90.8 Å². The molecule has 5 aromatic rings. The number of morpholine rings is 1. The fraction of sp³-hybridized carbons (Fsp3) is 0.267. The van der Waals surface area contributed by atoms with Gasteiger partial charge in [0.1, 0.15) is 23.2 Å². The monoisotopic (exact) mass is 520 g/mol. The third-order valence-corrected chi connectivity index (χ3v) is 6.89. The Balaban J connectivity index is 1.24. The van der Waals surface area contributed by atoms with Crippen molar-refractivity contribution >= 4 is 11.5 Å². The Morgan fingerprint density at radius 1 is 0.872 bits per heavy atom. The van der Waals surface area contributed by atoms with E-state index < -0.39 is 0 Å². The van der Waals surface area contributed by atoms with Crippen molar-refractivity contribution in [2.24, 2.45) is 0 Å². The smallest absolute Gasteiger partial charge is 0.148 e. The van der Waals surface area contributed by atoms with E-state index in [9.17, 15) is 0 Å². The van der Waals surface area contributed by atoms with Gasteiger partial charge < -0.3 is 10.1 Å². The van der Waals surface area contributed by atoms with Crippen molar-refractivity contribution in [1.29, 1.82) is 0 Å². The number of nitrogens with one attached hydrogen (secondary N) is 1. The van der Waals surface area contributed by atoms with Crippen LogP contribution in [0, 0.1) is 13.8 Å². The number of anilines is 2. The van der Waals surface area contributed by atoms with E-state index in [1.54, 1.807) is 0 Å². The maximum absolute atomic E-state index is 5.49. The summed E-state index contributed by atoms with van der Waals surface area (Å²) in [6, 6.07) is 22.6. The van der Waals surface area contributed by atoms with Crippen molar-refractivity contribution in [1.82, 2.24) is 34.4 Å². The molecule has 2 aromatic carbocycles. The van der Waals surface area contributed by atoms with Crippen molar-refractivity contribution in [2.75, 3.05) is 38.2 Å². The molecule has 9 heteroatoms. The molecule has 0 unspecified atom stereocenters. The maximum atomic E-state index is 5.49. The molecule has 0 atom stereocenters. The highest BCUT2D eigenvalue weighted by Crippen LogP contribution is 2.32. The maximum Gasteiger partial charge on any atom is 0.148 e. The summed E-state index contributed by atoms with van der Waals surface area (Å²) in [6.07, 6.45) is 3.99. The minimum absolute atomic E-state index is 0.758. The van der Waals surface area contributed by atoms with E-state index in [4.69, 9.17) is 9.84 Å². The highest BCUT2D eigenvalue weighted by atomic mass is 16.5. The SMILES string of the molecule is Cc1nc(C)n(-c2ccc(Nc3cc(-c4nn(CCN5CCOCC5)cc4-c4ccccc4)ccn3)cc2)n1. The van der Waals surface area contributed by atoms with E-state index in [2.05, 4.69) is 66.5 Å². The van der Waals surface area contributed by atoms with Crippen molar-refractivity contribution in [3.63, 3.8) is 0 Å². The van der Waals surface area contributed by atoms with Crippen LogP contribution in [0.4, 0.5) is 11.5 Å². The molecule has 1 saturated heterocycles. The summed E-state index contributed by atoms with van der Waals surface area (Å²) in [6.45, 7) is 9.17. The average molecular weight is 521 g/mol. The number of pyridine rings is 1. The normalized spacial score (nSPS) is 14.0. The van der Waals surface area contributed by atoms with Crippen molar-refractivity contribution < 1.29 is 4.74 Å². The summed E-state index contributed by atoms with van der Waals surface area (Å²) < 4.78 is 9.40. The molecule has 9 nitrogen and oxygen atoms in total. The number of ether oxygens (including phenoxy) is 1. The zero-order valence-electron chi connectivity index (χ0n) is 22.3. The Morgan fingerprint density at radius 2 is 1.67 bits per heavy atom. The quantitative estimate of drug-likeness (QED) is 0.312. The van der Waals surface area contributed by atoms with Crippen LogP contribution in [0.5, 0.6) is 0 Å². The van der Waals surface area contributed by atoms with Crippen molar-refractivity contribution in [2.45, 2.75) is 20.4 Å². The molecule has 1 aliphatic rings. The highest BCUT2D eigenvalue weighted by Gasteiger charge is 2.16. The highest BCUT2D eigenvalue weighted by molar-refractivity contribution is 5.81. The minimum atomic E-state index is 0.758. The molecule has 0 saturated carbocycles. The number of aromatic nitrogens is 6. The van der Waals surface area contributed by atoms with Crippen LogP contribution in [0.1, 0.15) is 11.6 Å². The van der Waals surface area contributed by atoms with Crippen LogP contribution in [-0.4, -0.2) is 67.3 Å². The van der Waals surface area contributed by atoms with E-state index in [0.29, 0.717) is 0 Å². The van der Waals surface area contributed by atoms with Crippen LogP contribution in [0.25, 0.3) is 28.1 Å². The zero-order valence-corrected chi connectivity index (χ0v) is 22.3. The number of hydrogen-bond donors (Lipinski definition) is 1. The van der Waals surface area contributed by atoms with Gasteiger partial charge in [0, 0.05) is 48.8 Å². The molecule has 0 radical (unpaired) electrons. The molecule has 1 aliphatic heterocycles. The lowest BCUT2D eigenvalue weighted by Gasteiger charge is -2.26. The van der Waals surface area contributed by atoms with Crippen LogP contribution < -0.4 is 5.32 Å². The van der Waals surface area contributed by atoms with E-state index >= 15 is 0 Å².